The molecule has 2 N–H and O–H groups in total. The van der Waals surface area contributed by atoms with E-state index in [1.165, 1.54) is 6.92 Å². The molecule has 4 amide bonds. The number of hydrogen-bond acceptors (Lipinski definition) is 9. The molecule has 0 saturated carbocycles. The zero-order valence-electron chi connectivity index (χ0n) is 16.2. The summed E-state index contributed by atoms with van der Waals surface area (Å²) in [6, 6.07) is 0.0155. The van der Waals surface area contributed by atoms with Crippen LogP contribution in [0.3, 0.4) is 0 Å². The number of carbonyl (C=O) groups excluding carboxylic acids is 4. The Morgan fingerprint density at radius 3 is 2.70 bits per heavy atom. The van der Waals surface area contributed by atoms with Crippen LogP contribution in [0.25, 0.3) is 0 Å². The smallest absolute Gasteiger partial charge is 0.332 e. The van der Waals surface area contributed by atoms with Crippen molar-refractivity contribution in [3.63, 3.8) is 0 Å². The van der Waals surface area contributed by atoms with E-state index < -0.39 is 46.0 Å². The first kappa shape index (κ1) is 22.5. The number of hydroxylamine groups is 2. The van der Waals surface area contributed by atoms with Crippen LogP contribution in [0.1, 0.15) is 39.0 Å². The molecular weight excluding hydrogens is 440 g/mol. The Morgan fingerprint density at radius 1 is 1.27 bits per heavy atom. The number of unbranched alkanes of at least 4 members (excludes halogenated alkanes) is 1. The van der Waals surface area contributed by atoms with E-state index in [-0.39, 0.29) is 39.0 Å². The Kier molecular flexibility index (Phi) is 6.65. The second kappa shape index (κ2) is 8.88. The van der Waals surface area contributed by atoms with E-state index in [1.54, 1.807) is 11.8 Å². The molecule has 30 heavy (non-hydrogen) atoms. The molecule has 0 spiro atoms. The summed E-state index contributed by atoms with van der Waals surface area (Å²) in [6.45, 7) is 0.895. The number of hydrogen-bond donors (Lipinski definition) is 2. The van der Waals surface area contributed by atoms with Gasteiger partial charge in [0.05, 0.1) is 18.5 Å². The van der Waals surface area contributed by atoms with Gasteiger partial charge in [0.2, 0.25) is 11.8 Å². The summed E-state index contributed by atoms with van der Waals surface area (Å²) in [5.41, 5.74) is 0. The third-order valence-corrected chi connectivity index (χ3v) is 8.64. The van der Waals surface area contributed by atoms with Gasteiger partial charge in [-0.1, -0.05) is 6.42 Å². The minimum Gasteiger partial charge on any atom is -0.332 e. The first-order valence-corrected chi connectivity index (χ1v) is 12.1. The summed E-state index contributed by atoms with van der Waals surface area (Å²) in [5.74, 6) is -2.22. The van der Waals surface area contributed by atoms with Gasteiger partial charge in [0, 0.05) is 29.3 Å². The van der Waals surface area contributed by atoms with Gasteiger partial charge >= 0.3 is 22.0 Å². The van der Waals surface area contributed by atoms with Gasteiger partial charge in [-0.2, -0.15) is 20.2 Å². The van der Waals surface area contributed by atoms with Gasteiger partial charge in [-0.3, -0.25) is 9.59 Å². The highest BCUT2D eigenvalue weighted by atomic mass is 32.2. The average Bonchev–Trinajstić information content (AvgIpc) is 3.33. The number of nitroso groups, excluding NO2 is 1. The molecule has 0 aliphatic carbocycles. The van der Waals surface area contributed by atoms with Gasteiger partial charge < -0.3 is 15.5 Å². The third kappa shape index (κ3) is 4.43. The Hall–Kier alpha value is -2.22. The first-order chi connectivity index (χ1) is 14.1. The highest BCUT2D eigenvalue weighted by Crippen LogP contribution is 2.33. The number of sulfonamides is 1. The lowest BCUT2D eigenvalue weighted by molar-refractivity contribution is -0.385. The van der Waals surface area contributed by atoms with Crippen molar-refractivity contribution in [1.82, 2.24) is 15.7 Å². The normalized spacial score (nSPS) is 28.3. The summed E-state index contributed by atoms with van der Waals surface area (Å²) in [7, 11) is -4.54. The molecule has 3 aliphatic rings. The molecule has 3 aliphatic heterocycles. The Bertz CT molecular complexity index is 876. The zero-order chi connectivity index (χ0) is 22.1. The topological polar surface area (TPSA) is 159 Å². The van der Waals surface area contributed by atoms with Crippen molar-refractivity contribution in [1.29, 1.82) is 0 Å². The molecule has 14 heteroatoms. The SMILES string of the molecule is CC[N+](=O)S(=O)(=O)C1CC(=O)N(OC(=O)CCCCC2SCC3NC(=O)NC32)C1=O. The van der Waals surface area contributed by atoms with Crippen LogP contribution in [0.2, 0.25) is 0 Å². The summed E-state index contributed by atoms with van der Waals surface area (Å²) in [5, 5.41) is 4.24. The molecule has 0 aromatic heterocycles. The maximum Gasteiger partial charge on any atom is 0.419 e. The molecule has 3 saturated heterocycles. The lowest BCUT2D eigenvalue weighted by Crippen LogP contribution is -2.39. The van der Waals surface area contributed by atoms with E-state index in [2.05, 4.69) is 10.6 Å². The van der Waals surface area contributed by atoms with E-state index in [1.807, 2.05) is 0 Å². The Labute approximate surface area is 177 Å². The van der Waals surface area contributed by atoms with Crippen LogP contribution in [-0.2, 0) is 29.2 Å². The van der Waals surface area contributed by atoms with Crippen LogP contribution in [0.5, 0.6) is 0 Å². The quantitative estimate of drug-likeness (QED) is 0.197. The van der Waals surface area contributed by atoms with Gasteiger partial charge in [-0.25, -0.2) is 9.59 Å². The number of amides is 4. The second-order valence-corrected chi connectivity index (χ2v) is 10.5. The molecule has 4 atom stereocenters. The Balaban J connectivity index is 1.44. The van der Waals surface area contributed by atoms with Crippen molar-refractivity contribution in [2.75, 3.05) is 12.3 Å². The molecule has 0 radical (unpaired) electrons. The second-order valence-electron chi connectivity index (χ2n) is 7.21. The number of nitrogens with one attached hydrogen (secondary N) is 2. The highest BCUT2D eigenvalue weighted by molar-refractivity contribution is 8.00. The van der Waals surface area contributed by atoms with Crippen molar-refractivity contribution in [3.05, 3.63) is 4.91 Å². The molecule has 0 bridgehead atoms. The van der Waals surface area contributed by atoms with E-state index in [4.69, 9.17) is 4.84 Å². The fourth-order valence-electron chi connectivity index (χ4n) is 3.64. The fourth-order valence-corrected chi connectivity index (χ4v) is 6.53. The average molecular weight is 464 g/mol. The number of nitrogens with zero attached hydrogens (tertiary/aromatic N) is 2. The number of urea groups is 1. The van der Waals surface area contributed by atoms with E-state index in [0.717, 1.165) is 12.2 Å². The summed E-state index contributed by atoms with van der Waals surface area (Å²) < 4.78 is 23.8. The lowest BCUT2D eigenvalue weighted by atomic mass is 10.0. The minimum atomic E-state index is -4.54. The predicted octanol–water partition coefficient (Wildman–Crippen LogP) is -0.573. The minimum absolute atomic E-state index is 0.0623. The van der Waals surface area contributed by atoms with Gasteiger partial charge in [-0.05, 0) is 12.8 Å². The van der Waals surface area contributed by atoms with E-state index >= 15 is 0 Å². The van der Waals surface area contributed by atoms with Crippen molar-refractivity contribution in [2.45, 2.75) is 61.6 Å². The van der Waals surface area contributed by atoms with Crippen LogP contribution in [-0.4, -0.2) is 76.3 Å². The maximum atomic E-state index is 12.2. The lowest BCUT2D eigenvalue weighted by Gasteiger charge is -2.16. The monoisotopic (exact) mass is 463 g/mol. The zero-order valence-corrected chi connectivity index (χ0v) is 17.9. The molecule has 3 heterocycles. The highest BCUT2D eigenvalue weighted by Gasteiger charge is 2.55. The van der Waals surface area contributed by atoms with Crippen molar-refractivity contribution in [3.8, 4) is 0 Å². The number of rotatable bonds is 9. The van der Waals surface area contributed by atoms with Crippen LogP contribution in [0, 0.1) is 4.91 Å². The molecule has 12 nitrogen and oxygen atoms in total. The Morgan fingerprint density at radius 2 is 2.00 bits per heavy atom. The first-order valence-electron chi connectivity index (χ1n) is 9.60. The maximum absolute atomic E-state index is 12.2. The fraction of sp³-hybridized carbons (Fsp3) is 0.750. The molecular formula is C16H23N4O8S2+. The largest absolute Gasteiger partial charge is 0.419 e. The van der Waals surface area contributed by atoms with E-state index in [9.17, 15) is 32.5 Å². The predicted molar refractivity (Wildman–Crippen MR) is 103 cm³/mol. The van der Waals surface area contributed by atoms with E-state index in [0.29, 0.717) is 12.8 Å². The summed E-state index contributed by atoms with van der Waals surface area (Å²) >= 11 is 1.75. The summed E-state index contributed by atoms with van der Waals surface area (Å²) in [4.78, 5) is 63.7. The van der Waals surface area contributed by atoms with Crippen molar-refractivity contribution >= 4 is 45.6 Å². The molecule has 166 valence electrons. The van der Waals surface area contributed by atoms with Crippen LogP contribution < -0.4 is 10.6 Å². The van der Waals surface area contributed by atoms with Crippen LogP contribution in [0.4, 0.5) is 4.79 Å². The van der Waals surface area contributed by atoms with Gasteiger partial charge in [0.1, 0.15) is 4.17 Å². The number of fused-ring (bicyclic) bond motifs is 1. The standard InChI is InChI=1S/C16H22N4O8S2/c1-2-19(25)30(26,27)11-7-12(21)20(15(11)23)28-13(22)6-4-3-5-10-14-9(8-29-10)17-16(24)18-14/h9-11,14H,2-8H2,1H3,(H-,17,18,24)/p+1. The van der Waals surface area contributed by atoms with Crippen LogP contribution in [0.15, 0.2) is 0 Å². The number of thioether (sulfide) groups is 1. The molecule has 0 aromatic rings. The number of carbonyl (C=O) groups is 4. The van der Waals surface area contributed by atoms with Crippen molar-refractivity contribution in [2.24, 2.45) is 0 Å². The third-order valence-electron chi connectivity index (χ3n) is 5.21. The van der Waals surface area contributed by atoms with Crippen LogP contribution >= 0.6 is 11.8 Å². The van der Waals surface area contributed by atoms with Gasteiger partial charge in [-0.15, -0.1) is 5.06 Å². The van der Waals surface area contributed by atoms with Gasteiger partial charge in [0.25, 0.3) is 11.8 Å². The molecule has 0 aromatic carbocycles. The molecule has 3 fully saturated rings. The van der Waals surface area contributed by atoms with Gasteiger partial charge in [0.15, 0.2) is 0 Å². The van der Waals surface area contributed by atoms with Crippen molar-refractivity contribution < 1.29 is 36.6 Å². The summed E-state index contributed by atoms with van der Waals surface area (Å²) in [6.07, 6.45) is 1.09. The molecule has 4 unspecified atom stereocenters. The molecule has 3 rings (SSSR count). The number of imide groups is 1.